The minimum absolute atomic E-state index is 0.241. The Bertz CT molecular complexity index is 253. The molecule has 18 heavy (non-hydrogen) atoms. The lowest BCUT2D eigenvalue weighted by Gasteiger charge is -2.33. The van der Waals surface area contributed by atoms with Gasteiger partial charge in [-0.15, -0.1) is 0 Å². The molecule has 1 N–H and O–H groups in total. The molecule has 1 saturated carbocycles. The van der Waals surface area contributed by atoms with Gasteiger partial charge in [-0.3, -0.25) is 0 Å². The molecule has 0 aromatic heterocycles. The molecule has 5 heteroatoms. The van der Waals surface area contributed by atoms with Gasteiger partial charge < -0.3 is 14.9 Å². The fourth-order valence-electron chi connectivity index (χ4n) is 2.35. The summed E-state index contributed by atoms with van der Waals surface area (Å²) >= 11 is 2.03. The molecule has 0 aromatic carbocycles. The molecule has 1 aliphatic rings. The van der Waals surface area contributed by atoms with Crippen LogP contribution in [0, 0.1) is 5.92 Å². The monoisotopic (exact) mass is 274 g/mol. The molecule has 0 aromatic rings. The first-order valence-corrected chi connectivity index (χ1v) is 7.84. The van der Waals surface area contributed by atoms with E-state index < -0.39 is 6.09 Å². The van der Waals surface area contributed by atoms with Crippen LogP contribution in [0.15, 0.2) is 0 Å². The SMILES string of the molecule is CN(C)CCSCC1CCC(N(C)C(=O)O)CC1. The molecule has 0 unspecified atom stereocenters. The Hall–Kier alpha value is -0.420. The molecule has 0 spiro atoms. The lowest BCUT2D eigenvalue weighted by Crippen LogP contribution is -2.38. The summed E-state index contributed by atoms with van der Waals surface area (Å²) in [6.45, 7) is 1.14. The van der Waals surface area contributed by atoms with E-state index in [0.717, 1.165) is 25.3 Å². The van der Waals surface area contributed by atoms with E-state index in [1.807, 2.05) is 11.8 Å². The highest BCUT2D eigenvalue weighted by molar-refractivity contribution is 7.99. The summed E-state index contributed by atoms with van der Waals surface area (Å²) in [7, 11) is 5.90. The second kappa shape index (κ2) is 7.89. The highest BCUT2D eigenvalue weighted by Crippen LogP contribution is 2.29. The lowest BCUT2D eigenvalue weighted by atomic mass is 9.87. The zero-order valence-electron chi connectivity index (χ0n) is 11.8. The topological polar surface area (TPSA) is 43.8 Å². The molecular formula is C13H26N2O2S. The first kappa shape index (κ1) is 15.6. The molecular weight excluding hydrogens is 248 g/mol. The van der Waals surface area contributed by atoms with Gasteiger partial charge in [-0.05, 0) is 51.4 Å². The van der Waals surface area contributed by atoms with Crippen LogP contribution in [0.25, 0.3) is 0 Å². The summed E-state index contributed by atoms with van der Waals surface area (Å²) in [5.41, 5.74) is 0. The first-order chi connectivity index (χ1) is 8.50. The second-order valence-electron chi connectivity index (χ2n) is 5.45. The van der Waals surface area contributed by atoms with Crippen LogP contribution in [0.5, 0.6) is 0 Å². The summed E-state index contributed by atoms with van der Waals surface area (Å²) in [5.74, 6) is 3.22. The van der Waals surface area contributed by atoms with Crippen molar-refractivity contribution in [2.24, 2.45) is 5.92 Å². The highest BCUT2D eigenvalue weighted by Gasteiger charge is 2.26. The van der Waals surface area contributed by atoms with E-state index in [0.29, 0.717) is 0 Å². The Morgan fingerprint density at radius 3 is 2.33 bits per heavy atom. The Morgan fingerprint density at radius 2 is 1.83 bits per heavy atom. The van der Waals surface area contributed by atoms with Gasteiger partial charge in [-0.2, -0.15) is 11.8 Å². The van der Waals surface area contributed by atoms with Crippen molar-refractivity contribution in [3.05, 3.63) is 0 Å². The largest absolute Gasteiger partial charge is 0.465 e. The highest BCUT2D eigenvalue weighted by atomic mass is 32.2. The third-order valence-electron chi connectivity index (χ3n) is 3.70. The van der Waals surface area contributed by atoms with Crippen LogP contribution in [0.1, 0.15) is 25.7 Å². The standard InChI is InChI=1S/C13H26N2O2S/c1-14(2)8-9-18-10-11-4-6-12(7-5-11)15(3)13(16)17/h11-12H,4-10H2,1-3H3,(H,16,17). The van der Waals surface area contributed by atoms with Crippen LogP contribution in [-0.2, 0) is 0 Å². The van der Waals surface area contributed by atoms with Gasteiger partial charge in [0.15, 0.2) is 0 Å². The molecule has 1 fully saturated rings. The summed E-state index contributed by atoms with van der Waals surface area (Å²) in [5, 5.41) is 8.94. The number of rotatable bonds is 6. The van der Waals surface area contributed by atoms with Crippen LogP contribution in [0.4, 0.5) is 4.79 Å². The van der Waals surface area contributed by atoms with Crippen LogP contribution < -0.4 is 0 Å². The van der Waals surface area contributed by atoms with Crippen molar-refractivity contribution in [3.63, 3.8) is 0 Å². The molecule has 1 rings (SSSR count). The fraction of sp³-hybridized carbons (Fsp3) is 0.923. The Labute approximate surface area is 115 Å². The molecule has 0 atom stereocenters. The van der Waals surface area contributed by atoms with Crippen molar-refractivity contribution in [2.45, 2.75) is 31.7 Å². The van der Waals surface area contributed by atoms with E-state index in [4.69, 9.17) is 5.11 Å². The van der Waals surface area contributed by atoms with E-state index in [2.05, 4.69) is 19.0 Å². The van der Waals surface area contributed by atoms with E-state index in [1.165, 1.54) is 29.2 Å². The number of nitrogens with zero attached hydrogens (tertiary/aromatic N) is 2. The normalized spacial score (nSPS) is 24.2. The van der Waals surface area contributed by atoms with E-state index in [1.54, 1.807) is 7.05 Å². The predicted molar refractivity (Wildman–Crippen MR) is 77.4 cm³/mol. The van der Waals surface area contributed by atoms with Crippen molar-refractivity contribution >= 4 is 17.9 Å². The van der Waals surface area contributed by atoms with E-state index >= 15 is 0 Å². The third kappa shape index (κ3) is 5.48. The minimum atomic E-state index is -0.793. The number of amides is 1. The summed E-state index contributed by atoms with van der Waals surface area (Å²) < 4.78 is 0. The molecule has 4 nitrogen and oxygen atoms in total. The molecule has 0 heterocycles. The molecule has 0 saturated heterocycles. The van der Waals surface area contributed by atoms with Crippen LogP contribution in [-0.4, -0.2) is 66.2 Å². The van der Waals surface area contributed by atoms with E-state index in [-0.39, 0.29) is 6.04 Å². The van der Waals surface area contributed by atoms with Gasteiger partial charge in [0.1, 0.15) is 0 Å². The van der Waals surface area contributed by atoms with Crippen LogP contribution in [0.3, 0.4) is 0 Å². The fourth-order valence-corrected chi connectivity index (χ4v) is 3.68. The molecule has 0 bridgehead atoms. The number of carboxylic acid groups (broad SMARTS) is 1. The number of thioether (sulfide) groups is 1. The quantitative estimate of drug-likeness (QED) is 0.756. The second-order valence-corrected chi connectivity index (χ2v) is 6.60. The van der Waals surface area contributed by atoms with Gasteiger partial charge >= 0.3 is 6.09 Å². The molecule has 106 valence electrons. The van der Waals surface area contributed by atoms with Gasteiger partial charge in [0.05, 0.1) is 0 Å². The maximum Gasteiger partial charge on any atom is 0.407 e. The molecule has 0 radical (unpaired) electrons. The van der Waals surface area contributed by atoms with Gasteiger partial charge in [-0.1, -0.05) is 0 Å². The smallest absolute Gasteiger partial charge is 0.407 e. The van der Waals surface area contributed by atoms with Crippen molar-refractivity contribution in [1.29, 1.82) is 0 Å². The number of hydrogen-bond donors (Lipinski definition) is 1. The zero-order valence-corrected chi connectivity index (χ0v) is 12.6. The van der Waals surface area contributed by atoms with Crippen molar-refractivity contribution in [2.75, 3.05) is 39.2 Å². The van der Waals surface area contributed by atoms with Gasteiger partial charge in [-0.25, -0.2) is 4.79 Å². The average Bonchev–Trinajstić information content (AvgIpc) is 2.34. The Balaban J connectivity index is 2.13. The maximum atomic E-state index is 10.9. The average molecular weight is 274 g/mol. The molecule has 1 amide bonds. The van der Waals surface area contributed by atoms with Crippen molar-refractivity contribution in [1.82, 2.24) is 9.80 Å². The Kier molecular flexibility index (Phi) is 6.86. The van der Waals surface area contributed by atoms with Crippen molar-refractivity contribution < 1.29 is 9.90 Å². The maximum absolute atomic E-state index is 10.9. The zero-order chi connectivity index (χ0) is 13.5. The number of hydrogen-bond acceptors (Lipinski definition) is 3. The van der Waals surface area contributed by atoms with Crippen LogP contribution in [0.2, 0.25) is 0 Å². The van der Waals surface area contributed by atoms with Crippen LogP contribution >= 0.6 is 11.8 Å². The number of carbonyl (C=O) groups is 1. The third-order valence-corrected chi connectivity index (χ3v) is 4.88. The van der Waals surface area contributed by atoms with Gasteiger partial charge in [0.25, 0.3) is 0 Å². The van der Waals surface area contributed by atoms with Crippen molar-refractivity contribution in [3.8, 4) is 0 Å². The van der Waals surface area contributed by atoms with Gasteiger partial charge in [0.2, 0.25) is 0 Å². The molecule has 0 aliphatic heterocycles. The lowest BCUT2D eigenvalue weighted by molar-refractivity contribution is 0.121. The Morgan fingerprint density at radius 1 is 1.22 bits per heavy atom. The van der Waals surface area contributed by atoms with E-state index in [9.17, 15) is 4.79 Å². The van der Waals surface area contributed by atoms with Gasteiger partial charge in [0, 0.05) is 25.4 Å². The minimum Gasteiger partial charge on any atom is -0.465 e. The summed E-state index contributed by atoms with van der Waals surface area (Å²) in [4.78, 5) is 14.6. The summed E-state index contributed by atoms with van der Waals surface area (Å²) in [6, 6.07) is 0.241. The summed E-state index contributed by atoms with van der Waals surface area (Å²) in [6.07, 6.45) is 3.62. The first-order valence-electron chi connectivity index (χ1n) is 6.69. The predicted octanol–water partition coefficient (Wildman–Crippen LogP) is 2.45. The molecule has 1 aliphatic carbocycles.